The van der Waals surface area contributed by atoms with Gasteiger partial charge < -0.3 is 15.5 Å². The summed E-state index contributed by atoms with van der Waals surface area (Å²) in [5.41, 5.74) is 2.64. The summed E-state index contributed by atoms with van der Waals surface area (Å²) in [6.45, 7) is 5.43. The SMILES string of the molecule is CCCc1ccc(S(=O)(=O)Nc2cnc(N3CCNCC3)c(C(=O)NCc3ccccc3)c2)cc1. The molecule has 1 aliphatic heterocycles. The molecule has 1 amide bonds. The first kappa shape index (κ1) is 24.7. The average molecular weight is 494 g/mol. The lowest BCUT2D eigenvalue weighted by Crippen LogP contribution is -2.44. The van der Waals surface area contributed by atoms with Crippen LogP contribution in [0.4, 0.5) is 11.5 Å². The minimum absolute atomic E-state index is 0.165. The van der Waals surface area contributed by atoms with Crippen LogP contribution in [0.5, 0.6) is 0 Å². The fraction of sp³-hybridized carbons (Fsp3) is 0.308. The van der Waals surface area contributed by atoms with E-state index >= 15 is 0 Å². The maximum atomic E-state index is 13.2. The largest absolute Gasteiger partial charge is 0.353 e. The zero-order valence-electron chi connectivity index (χ0n) is 19.8. The molecular weight excluding hydrogens is 462 g/mol. The molecule has 0 unspecified atom stereocenters. The van der Waals surface area contributed by atoms with Crippen molar-refractivity contribution in [2.45, 2.75) is 31.2 Å². The molecule has 8 nitrogen and oxygen atoms in total. The van der Waals surface area contributed by atoms with Gasteiger partial charge >= 0.3 is 0 Å². The van der Waals surface area contributed by atoms with Gasteiger partial charge in [0.05, 0.1) is 22.3 Å². The third-order valence-corrected chi connectivity index (χ3v) is 7.25. The quantitative estimate of drug-likeness (QED) is 0.423. The highest BCUT2D eigenvalue weighted by molar-refractivity contribution is 7.92. The van der Waals surface area contributed by atoms with Crippen molar-refractivity contribution in [3.8, 4) is 0 Å². The number of nitrogens with one attached hydrogen (secondary N) is 3. The van der Waals surface area contributed by atoms with E-state index in [2.05, 4.69) is 27.3 Å². The number of aryl methyl sites for hydroxylation is 1. The number of piperazine rings is 1. The molecule has 0 bridgehead atoms. The van der Waals surface area contributed by atoms with Crippen molar-refractivity contribution in [3.63, 3.8) is 0 Å². The van der Waals surface area contributed by atoms with Crippen LogP contribution in [0.3, 0.4) is 0 Å². The molecule has 0 radical (unpaired) electrons. The van der Waals surface area contributed by atoms with Crippen molar-refractivity contribution in [3.05, 3.63) is 83.6 Å². The van der Waals surface area contributed by atoms with Gasteiger partial charge in [0.15, 0.2) is 0 Å². The Labute approximate surface area is 206 Å². The topological polar surface area (TPSA) is 103 Å². The monoisotopic (exact) mass is 493 g/mol. The number of carbonyl (C=O) groups is 1. The Morgan fingerprint density at radius 1 is 1.03 bits per heavy atom. The van der Waals surface area contributed by atoms with Crippen molar-refractivity contribution >= 4 is 27.4 Å². The van der Waals surface area contributed by atoms with Crippen LogP contribution in [-0.2, 0) is 23.0 Å². The highest BCUT2D eigenvalue weighted by Crippen LogP contribution is 2.24. The van der Waals surface area contributed by atoms with E-state index in [-0.39, 0.29) is 16.5 Å². The molecule has 184 valence electrons. The van der Waals surface area contributed by atoms with E-state index in [0.717, 1.165) is 37.1 Å². The summed E-state index contributed by atoms with van der Waals surface area (Å²) in [6, 6.07) is 18.0. The molecule has 1 aromatic heterocycles. The predicted molar refractivity (Wildman–Crippen MR) is 138 cm³/mol. The highest BCUT2D eigenvalue weighted by Gasteiger charge is 2.22. The molecule has 3 aromatic rings. The maximum absolute atomic E-state index is 13.2. The van der Waals surface area contributed by atoms with Crippen LogP contribution in [-0.4, -0.2) is 45.5 Å². The fourth-order valence-electron chi connectivity index (χ4n) is 4.02. The van der Waals surface area contributed by atoms with Crippen molar-refractivity contribution in [2.75, 3.05) is 35.8 Å². The lowest BCUT2D eigenvalue weighted by atomic mass is 10.1. The standard InChI is InChI=1S/C26H31N5O3S/c1-2-6-20-9-11-23(12-10-20)35(33,34)30-22-17-24(25(28-19-22)31-15-13-27-14-16-31)26(32)29-18-21-7-4-3-5-8-21/h3-5,7-12,17,19,27,30H,2,6,13-16,18H2,1H3,(H,29,32). The Morgan fingerprint density at radius 3 is 2.43 bits per heavy atom. The molecule has 1 fully saturated rings. The second-order valence-electron chi connectivity index (χ2n) is 8.50. The summed E-state index contributed by atoms with van der Waals surface area (Å²) in [7, 11) is -3.83. The summed E-state index contributed by atoms with van der Waals surface area (Å²) in [6.07, 6.45) is 3.35. The van der Waals surface area contributed by atoms with Crippen LogP contribution in [0.15, 0.2) is 71.8 Å². The first-order valence-electron chi connectivity index (χ1n) is 11.9. The van der Waals surface area contributed by atoms with Crippen LogP contribution >= 0.6 is 0 Å². The van der Waals surface area contributed by atoms with E-state index in [0.29, 0.717) is 31.0 Å². The Bertz CT molecular complexity index is 1240. The first-order chi connectivity index (χ1) is 17.0. The second-order valence-corrected chi connectivity index (χ2v) is 10.2. The Balaban J connectivity index is 1.58. The number of amides is 1. The number of pyridine rings is 1. The molecule has 9 heteroatoms. The summed E-state index contributed by atoms with van der Waals surface area (Å²) in [5, 5.41) is 6.23. The van der Waals surface area contributed by atoms with E-state index < -0.39 is 10.0 Å². The van der Waals surface area contributed by atoms with E-state index in [4.69, 9.17) is 0 Å². The van der Waals surface area contributed by atoms with Crippen molar-refractivity contribution in [1.29, 1.82) is 0 Å². The normalized spacial score (nSPS) is 13.9. The molecule has 4 rings (SSSR count). The van der Waals surface area contributed by atoms with Gasteiger partial charge in [0.25, 0.3) is 15.9 Å². The Hall–Kier alpha value is -3.43. The lowest BCUT2D eigenvalue weighted by Gasteiger charge is -2.30. The molecule has 3 N–H and O–H groups in total. The fourth-order valence-corrected chi connectivity index (χ4v) is 5.05. The van der Waals surface area contributed by atoms with Gasteiger partial charge in [-0.1, -0.05) is 55.8 Å². The number of benzene rings is 2. The van der Waals surface area contributed by atoms with E-state index in [1.54, 1.807) is 18.2 Å². The van der Waals surface area contributed by atoms with Crippen molar-refractivity contribution in [1.82, 2.24) is 15.6 Å². The second kappa shape index (κ2) is 11.3. The number of carbonyl (C=O) groups excluding carboxylic acids is 1. The maximum Gasteiger partial charge on any atom is 0.261 e. The van der Waals surface area contributed by atoms with Gasteiger partial charge in [-0.3, -0.25) is 9.52 Å². The number of nitrogens with zero attached hydrogens (tertiary/aromatic N) is 2. The van der Waals surface area contributed by atoms with Gasteiger partial charge in [-0.25, -0.2) is 13.4 Å². The van der Waals surface area contributed by atoms with E-state index in [1.165, 1.54) is 6.20 Å². The predicted octanol–water partition coefficient (Wildman–Crippen LogP) is 3.17. The zero-order valence-corrected chi connectivity index (χ0v) is 20.6. The molecule has 0 saturated carbocycles. The summed E-state index contributed by atoms with van der Waals surface area (Å²) >= 11 is 0. The summed E-state index contributed by atoms with van der Waals surface area (Å²) in [4.78, 5) is 19.9. The number of aromatic nitrogens is 1. The Kier molecular flexibility index (Phi) is 7.99. The Morgan fingerprint density at radius 2 is 1.74 bits per heavy atom. The van der Waals surface area contributed by atoms with Gasteiger partial charge in [-0.05, 0) is 35.7 Å². The number of hydrogen-bond acceptors (Lipinski definition) is 6. The average Bonchev–Trinajstić information content (AvgIpc) is 2.89. The van der Waals surface area contributed by atoms with E-state index in [9.17, 15) is 13.2 Å². The lowest BCUT2D eigenvalue weighted by molar-refractivity contribution is 0.0951. The van der Waals surface area contributed by atoms with Crippen LogP contribution in [0.1, 0.15) is 34.8 Å². The highest BCUT2D eigenvalue weighted by atomic mass is 32.2. The molecule has 2 aromatic carbocycles. The number of rotatable bonds is 9. The minimum Gasteiger partial charge on any atom is -0.353 e. The van der Waals surface area contributed by atoms with Crippen molar-refractivity contribution < 1.29 is 13.2 Å². The number of hydrogen-bond donors (Lipinski definition) is 3. The number of sulfonamides is 1. The molecule has 0 aliphatic carbocycles. The van der Waals surface area contributed by atoms with Crippen LogP contribution in [0.2, 0.25) is 0 Å². The molecule has 1 saturated heterocycles. The minimum atomic E-state index is -3.83. The first-order valence-corrected chi connectivity index (χ1v) is 13.3. The van der Waals surface area contributed by atoms with Crippen molar-refractivity contribution in [2.24, 2.45) is 0 Å². The number of anilines is 2. The van der Waals surface area contributed by atoms with E-state index in [1.807, 2.05) is 47.4 Å². The smallest absolute Gasteiger partial charge is 0.261 e. The zero-order chi connectivity index (χ0) is 24.7. The molecule has 0 atom stereocenters. The molecule has 1 aliphatic rings. The van der Waals surface area contributed by atoms with Gasteiger partial charge in [0, 0.05) is 32.7 Å². The molecule has 35 heavy (non-hydrogen) atoms. The van der Waals surface area contributed by atoms with Gasteiger partial charge in [0.2, 0.25) is 0 Å². The third-order valence-electron chi connectivity index (χ3n) is 5.85. The molecular formula is C26H31N5O3S. The van der Waals surface area contributed by atoms with Crippen LogP contribution in [0.25, 0.3) is 0 Å². The van der Waals surface area contributed by atoms with Crippen LogP contribution < -0.4 is 20.3 Å². The van der Waals surface area contributed by atoms with Crippen LogP contribution in [0, 0.1) is 0 Å². The summed E-state index contributed by atoms with van der Waals surface area (Å²) in [5.74, 6) is 0.240. The molecule has 2 heterocycles. The summed E-state index contributed by atoms with van der Waals surface area (Å²) < 4.78 is 28.6. The molecule has 0 spiro atoms. The van der Waals surface area contributed by atoms with Gasteiger partial charge in [-0.15, -0.1) is 0 Å². The third kappa shape index (κ3) is 6.37. The van der Waals surface area contributed by atoms with Gasteiger partial charge in [-0.2, -0.15) is 0 Å². The van der Waals surface area contributed by atoms with Gasteiger partial charge in [0.1, 0.15) is 5.82 Å².